The summed E-state index contributed by atoms with van der Waals surface area (Å²) in [5, 5.41) is 10.5. The van der Waals surface area contributed by atoms with Crippen molar-refractivity contribution in [1.82, 2.24) is 4.98 Å². The van der Waals surface area contributed by atoms with Crippen molar-refractivity contribution in [3.8, 4) is 11.5 Å². The summed E-state index contributed by atoms with van der Waals surface area (Å²) >= 11 is 0. The molecule has 5 rings (SSSR count). The molecule has 194 valence electrons. The van der Waals surface area contributed by atoms with E-state index in [0.717, 1.165) is 35.0 Å². The van der Waals surface area contributed by atoms with Crippen LogP contribution in [0.4, 0.5) is 4.39 Å². The lowest BCUT2D eigenvalue weighted by atomic mass is 10.1. The molecular weight excluding hydrogens is 485 g/mol. The SMILES string of the molecule is COc1ccc(OC[C@@H](OCC2CC2)c2cccc(/C=C/c3ccc4ccc(F)cc4n3)c2)c(C(=O)O)c1. The minimum absolute atomic E-state index is 0.0322. The molecule has 1 atom stereocenters. The Morgan fingerprint density at radius 1 is 1.08 bits per heavy atom. The van der Waals surface area contributed by atoms with Gasteiger partial charge in [0.25, 0.3) is 0 Å². The largest absolute Gasteiger partial charge is 0.497 e. The summed E-state index contributed by atoms with van der Waals surface area (Å²) in [7, 11) is 1.49. The Bertz CT molecular complexity index is 1480. The molecule has 1 aliphatic rings. The number of aromatic carboxylic acids is 1. The van der Waals surface area contributed by atoms with Crippen LogP contribution in [-0.4, -0.2) is 36.4 Å². The molecular formula is C31H28FNO5. The highest BCUT2D eigenvalue weighted by molar-refractivity contribution is 5.91. The second-order valence-corrected chi connectivity index (χ2v) is 9.32. The molecule has 0 bridgehead atoms. The van der Waals surface area contributed by atoms with Crippen LogP contribution in [0.25, 0.3) is 23.1 Å². The number of pyridine rings is 1. The third-order valence-corrected chi connectivity index (χ3v) is 6.44. The zero-order chi connectivity index (χ0) is 26.5. The first kappa shape index (κ1) is 25.4. The Labute approximate surface area is 220 Å². The molecule has 4 aromatic rings. The highest BCUT2D eigenvalue weighted by Gasteiger charge is 2.25. The number of nitrogens with zero attached hydrogens (tertiary/aromatic N) is 1. The topological polar surface area (TPSA) is 77.9 Å². The van der Waals surface area contributed by atoms with Crippen molar-refractivity contribution in [2.75, 3.05) is 20.3 Å². The van der Waals surface area contributed by atoms with E-state index in [2.05, 4.69) is 4.98 Å². The van der Waals surface area contributed by atoms with Gasteiger partial charge in [-0.2, -0.15) is 0 Å². The molecule has 38 heavy (non-hydrogen) atoms. The molecule has 0 amide bonds. The van der Waals surface area contributed by atoms with Crippen LogP contribution in [0, 0.1) is 11.7 Å². The Hall–Kier alpha value is -4.23. The Morgan fingerprint density at radius 3 is 2.71 bits per heavy atom. The standard InChI is InChI=1S/C31H28FNO5/c1-36-26-13-14-29(27(17-26)31(34)35)38-19-30(37-18-21-5-6-21)23-4-2-3-20(15-23)7-11-25-12-9-22-8-10-24(32)16-28(22)33-25/h2-4,7-17,21,30H,5-6,18-19H2,1H3,(H,34,35)/b11-7+/t30-/m1/s1. The number of aromatic nitrogens is 1. The number of halogens is 1. The maximum absolute atomic E-state index is 13.6. The molecule has 3 aromatic carbocycles. The van der Waals surface area contributed by atoms with Crippen molar-refractivity contribution in [3.05, 3.63) is 101 Å². The maximum atomic E-state index is 13.6. The third-order valence-electron chi connectivity index (χ3n) is 6.44. The minimum Gasteiger partial charge on any atom is -0.497 e. The number of ether oxygens (including phenoxy) is 3. The van der Waals surface area contributed by atoms with E-state index >= 15 is 0 Å². The molecule has 0 saturated heterocycles. The number of hydrogen-bond donors (Lipinski definition) is 1. The fourth-order valence-electron chi connectivity index (χ4n) is 4.12. The minimum atomic E-state index is -1.09. The quantitative estimate of drug-likeness (QED) is 0.238. The number of carboxylic acid groups (broad SMARTS) is 1. The van der Waals surface area contributed by atoms with Crippen molar-refractivity contribution in [2.24, 2.45) is 5.92 Å². The van der Waals surface area contributed by atoms with Crippen LogP contribution in [-0.2, 0) is 4.74 Å². The predicted molar refractivity (Wildman–Crippen MR) is 144 cm³/mol. The Kier molecular flexibility index (Phi) is 7.65. The first-order valence-corrected chi connectivity index (χ1v) is 12.5. The van der Waals surface area contributed by atoms with Gasteiger partial charge >= 0.3 is 5.97 Å². The van der Waals surface area contributed by atoms with Gasteiger partial charge in [0.1, 0.15) is 35.6 Å². The van der Waals surface area contributed by atoms with E-state index < -0.39 is 5.97 Å². The van der Waals surface area contributed by atoms with Crippen molar-refractivity contribution >= 4 is 29.0 Å². The van der Waals surface area contributed by atoms with Crippen molar-refractivity contribution in [2.45, 2.75) is 18.9 Å². The molecule has 1 heterocycles. The number of fused-ring (bicyclic) bond motifs is 1. The fourth-order valence-corrected chi connectivity index (χ4v) is 4.12. The third kappa shape index (κ3) is 6.36. The molecule has 0 spiro atoms. The molecule has 0 aliphatic heterocycles. The molecule has 0 unspecified atom stereocenters. The van der Waals surface area contributed by atoms with Gasteiger partial charge in [0.2, 0.25) is 0 Å². The van der Waals surface area contributed by atoms with Gasteiger partial charge < -0.3 is 19.3 Å². The Morgan fingerprint density at radius 2 is 1.92 bits per heavy atom. The van der Waals surface area contributed by atoms with Crippen molar-refractivity contribution in [3.63, 3.8) is 0 Å². The normalized spacial score (nSPS) is 14.1. The summed E-state index contributed by atoms with van der Waals surface area (Å²) in [5.41, 5.74) is 3.22. The van der Waals surface area contributed by atoms with Gasteiger partial charge in [0.05, 0.1) is 24.9 Å². The number of benzene rings is 3. The molecule has 1 fully saturated rings. The van der Waals surface area contributed by atoms with Gasteiger partial charge in [0, 0.05) is 11.5 Å². The zero-order valence-corrected chi connectivity index (χ0v) is 21.0. The highest BCUT2D eigenvalue weighted by Crippen LogP contribution is 2.32. The van der Waals surface area contributed by atoms with Crippen molar-refractivity contribution in [1.29, 1.82) is 0 Å². The van der Waals surface area contributed by atoms with E-state index in [0.29, 0.717) is 23.8 Å². The average molecular weight is 514 g/mol. The summed E-state index contributed by atoms with van der Waals surface area (Å²) in [6.45, 7) is 0.782. The number of carboxylic acids is 1. The fraction of sp³-hybridized carbons (Fsp3) is 0.226. The summed E-state index contributed by atoms with van der Waals surface area (Å²) in [5.74, 6) is -0.148. The Balaban J connectivity index is 1.34. The van der Waals surface area contributed by atoms with Crippen LogP contribution >= 0.6 is 0 Å². The van der Waals surface area contributed by atoms with Crippen LogP contribution in [0.15, 0.2) is 72.8 Å². The molecule has 1 aliphatic carbocycles. The second-order valence-electron chi connectivity index (χ2n) is 9.32. The van der Waals surface area contributed by atoms with Gasteiger partial charge in [-0.3, -0.25) is 0 Å². The van der Waals surface area contributed by atoms with Crippen LogP contribution in [0.2, 0.25) is 0 Å². The smallest absolute Gasteiger partial charge is 0.339 e. The first-order valence-electron chi connectivity index (χ1n) is 12.5. The lowest BCUT2D eigenvalue weighted by molar-refractivity contribution is 0.0128. The average Bonchev–Trinajstić information content (AvgIpc) is 3.76. The summed E-state index contributed by atoms with van der Waals surface area (Å²) < 4.78 is 31.0. The number of hydrogen-bond acceptors (Lipinski definition) is 5. The summed E-state index contributed by atoms with van der Waals surface area (Å²) in [4.78, 5) is 16.3. The summed E-state index contributed by atoms with van der Waals surface area (Å²) in [6.07, 6.45) is 5.76. The molecule has 1 N–H and O–H groups in total. The lowest BCUT2D eigenvalue weighted by Gasteiger charge is -2.20. The number of rotatable bonds is 11. The molecule has 1 saturated carbocycles. The summed E-state index contributed by atoms with van der Waals surface area (Å²) in [6, 6.07) is 21.0. The number of carbonyl (C=O) groups is 1. The van der Waals surface area contributed by atoms with E-state index in [1.807, 2.05) is 48.6 Å². The van der Waals surface area contributed by atoms with E-state index in [1.54, 1.807) is 18.2 Å². The molecule has 0 radical (unpaired) electrons. The van der Waals surface area contributed by atoms with E-state index in [1.165, 1.54) is 25.3 Å². The monoisotopic (exact) mass is 513 g/mol. The van der Waals surface area contributed by atoms with Gasteiger partial charge in [-0.05, 0) is 78.4 Å². The van der Waals surface area contributed by atoms with Gasteiger partial charge in [0.15, 0.2) is 0 Å². The maximum Gasteiger partial charge on any atom is 0.339 e. The van der Waals surface area contributed by atoms with Gasteiger partial charge in [-0.15, -0.1) is 0 Å². The van der Waals surface area contributed by atoms with E-state index in [4.69, 9.17) is 14.2 Å². The molecule has 6 nitrogen and oxygen atoms in total. The highest BCUT2D eigenvalue weighted by atomic mass is 19.1. The molecule has 7 heteroatoms. The van der Waals surface area contributed by atoms with Crippen LogP contribution in [0.5, 0.6) is 11.5 Å². The number of methoxy groups -OCH3 is 1. The van der Waals surface area contributed by atoms with Crippen LogP contribution in [0.1, 0.15) is 46.1 Å². The second kappa shape index (κ2) is 11.4. The van der Waals surface area contributed by atoms with E-state index in [-0.39, 0.29) is 29.8 Å². The van der Waals surface area contributed by atoms with Crippen molar-refractivity contribution < 1.29 is 28.5 Å². The van der Waals surface area contributed by atoms with Gasteiger partial charge in [-0.1, -0.05) is 30.3 Å². The molecule has 1 aromatic heterocycles. The van der Waals surface area contributed by atoms with E-state index in [9.17, 15) is 14.3 Å². The van der Waals surface area contributed by atoms with Crippen LogP contribution in [0.3, 0.4) is 0 Å². The first-order chi connectivity index (χ1) is 18.5. The lowest BCUT2D eigenvalue weighted by Crippen LogP contribution is -2.16. The van der Waals surface area contributed by atoms with Crippen LogP contribution < -0.4 is 9.47 Å². The zero-order valence-electron chi connectivity index (χ0n) is 21.0. The van der Waals surface area contributed by atoms with Gasteiger partial charge in [-0.25, -0.2) is 14.2 Å². The predicted octanol–water partition coefficient (Wildman–Crippen LogP) is 6.80.